The van der Waals surface area contributed by atoms with Crippen LogP contribution in [0.5, 0.6) is 0 Å². The van der Waals surface area contributed by atoms with Crippen molar-refractivity contribution in [1.82, 2.24) is 0 Å². The third-order valence-corrected chi connectivity index (χ3v) is 4.94. The zero-order valence-electron chi connectivity index (χ0n) is 14.6. The predicted octanol–water partition coefficient (Wildman–Crippen LogP) is 6.01. The zero-order valence-corrected chi connectivity index (χ0v) is 14.6. The summed E-state index contributed by atoms with van der Waals surface area (Å²) in [7, 11) is 0. The lowest BCUT2D eigenvalue weighted by atomic mass is 9.90. The van der Waals surface area contributed by atoms with Crippen molar-refractivity contribution < 1.29 is 17.9 Å². The number of ether oxygens (including phenoxy) is 1. The van der Waals surface area contributed by atoms with Crippen molar-refractivity contribution in [2.24, 2.45) is 0 Å². The van der Waals surface area contributed by atoms with E-state index in [1.807, 2.05) is 13.8 Å². The molecular weight excluding hydrogens is 325 g/mol. The van der Waals surface area contributed by atoms with E-state index in [4.69, 9.17) is 4.74 Å². The second-order valence-electron chi connectivity index (χ2n) is 6.80. The highest BCUT2D eigenvalue weighted by Crippen LogP contribution is 2.33. The smallest absolute Gasteiger partial charge is 0.166 e. The third kappa shape index (κ3) is 3.74. The maximum atomic E-state index is 14.6. The summed E-state index contributed by atoms with van der Waals surface area (Å²) in [5, 5.41) is 0. The van der Waals surface area contributed by atoms with Gasteiger partial charge in [-0.05, 0) is 48.9 Å². The second kappa shape index (κ2) is 7.61. The molecule has 25 heavy (non-hydrogen) atoms. The van der Waals surface area contributed by atoms with E-state index in [1.165, 1.54) is 12.1 Å². The van der Waals surface area contributed by atoms with Gasteiger partial charge in [0.25, 0.3) is 0 Å². The van der Waals surface area contributed by atoms with Crippen LogP contribution in [0.1, 0.15) is 50.2 Å². The van der Waals surface area contributed by atoms with Crippen LogP contribution in [0.3, 0.4) is 0 Å². The van der Waals surface area contributed by atoms with E-state index in [9.17, 15) is 13.2 Å². The summed E-state index contributed by atoms with van der Waals surface area (Å²) in [6.45, 7) is 4.41. The maximum Gasteiger partial charge on any atom is 0.166 e. The van der Waals surface area contributed by atoms with Gasteiger partial charge in [-0.1, -0.05) is 37.6 Å². The van der Waals surface area contributed by atoms with E-state index >= 15 is 0 Å². The van der Waals surface area contributed by atoms with Crippen LogP contribution in [0.4, 0.5) is 13.2 Å². The minimum atomic E-state index is -0.909. The van der Waals surface area contributed by atoms with E-state index in [0.29, 0.717) is 29.7 Å². The summed E-state index contributed by atoms with van der Waals surface area (Å²) in [6.07, 6.45) is 3.19. The number of aryl methyl sites for hydroxylation is 1. The molecular formula is C21H23F3O. The molecule has 1 nitrogen and oxygen atoms in total. The lowest BCUT2D eigenvalue weighted by molar-refractivity contribution is 0.0148. The number of benzene rings is 2. The Morgan fingerprint density at radius 3 is 2.48 bits per heavy atom. The van der Waals surface area contributed by atoms with Gasteiger partial charge in [0.05, 0.1) is 12.7 Å². The Bertz CT molecular complexity index is 749. The molecule has 1 fully saturated rings. The van der Waals surface area contributed by atoms with Gasteiger partial charge >= 0.3 is 0 Å². The quantitative estimate of drug-likeness (QED) is 0.658. The van der Waals surface area contributed by atoms with E-state index in [-0.39, 0.29) is 17.6 Å². The van der Waals surface area contributed by atoms with E-state index in [2.05, 4.69) is 0 Å². The first-order chi connectivity index (χ1) is 12.0. The van der Waals surface area contributed by atoms with Crippen molar-refractivity contribution >= 4 is 0 Å². The molecule has 2 aromatic rings. The van der Waals surface area contributed by atoms with Crippen molar-refractivity contribution in [2.75, 3.05) is 6.61 Å². The Kier molecular flexibility index (Phi) is 5.48. The number of rotatable bonds is 4. The summed E-state index contributed by atoms with van der Waals surface area (Å²) < 4.78 is 48.7. The molecule has 2 atom stereocenters. The van der Waals surface area contributed by atoms with Gasteiger partial charge in [0.1, 0.15) is 5.82 Å². The average molecular weight is 348 g/mol. The minimum absolute atomic E-state index is 0.0127. The molecule has 0 bridgehead atoms. The second-order valence-corrected chi connectivity index (χ2v) is 6.80. The van der Waals surface area contributed by atoms with Gasteiger partial charge in [-0.3, -0.25) is 0 Å². The van der Waals surface area contributed by atoms with Crippen LogP contribution in [-0.2, 0) is 11.2 Å². The first-order valence-corrected chi connectivity index (χ1v) is 8.89. The van der Waals surface area contributed by atoms with Gasteiger partial charge in [0.2, 0.25) is 0 Å². The fourth-order valence-corrected chi connectivity index (χ4v) is 3.43. The van der Waals surface area contributed by atoms with E-state index < -0.39 is 17.5 Å². The lowest BCUT2D eigenvalue weighted by Gasteiger charge is -2.27. The van der Waals surface area contributed by atoms with Gasteiger partial charge in [0.15, 0.2) is 11.6 Å². The monoisotopic (exact) mass is 348 g/mol. The molecule has 134 valence electrons. The van der Waals surface area contributed by atoms with Gasteiger partial charge in [0, 0.05) is 11.5 Å². The molecule has 0 spiro atoms. The van der Waals surface area contributed by atoms with Crippen molar-refractivity contribution in [3.05, 3.63) is 58.9 Å². The average Bonchev–Trinajstić information content (AvgIpc) is 2.60. The molecule has 0 radical (unpaired) electrons. The normalized spacial score (nSPS) is 20.7. The molecule has 2 aromatic carbocycles. The molecule has 1 aliphatic rings. The highest BCUT2D eigenvalue weighted by atomic mass is 19.2. The summed E-state index contributed by atoms with van der Waals surface area (Å²) in [4.78, 5) is 0. The Morgan fingerprint density at radius 2 is 1.84 bits per heavy atom. The first kappa shape index (κ1) is 18.0. The number of hydrogen-bond acceptors (Lipinski definition) is 1. The summed E-state index contributed by atoms with van der Waals surface area (Å²) in [5.74, 6) is -2.12. The molecule has 1 saturated heterocycles. The maximum absolute atomic E-state index is 14.6. The van der Waals surface area contributed by atoms with Crippen LogP contribution in [0.25, 0.3) is 11.1 Å². The molecule has 4 heteroatoms. The number of halogens is 3. The van der Waals surface area contributed by atoms with Crippen LogP contribution < -0.4 is 0 Å². The highest BCUT2D eigenvalue weighted by molar-refractivity contribution is 5.65. The highest BCUT2D eigenvalue weighted by Gasteiger charge is 2.23. The Labute approximate surface area is 146 Å². The zero-order chi connectivity index (χ0) is 18.0. The van der Waals surface area contributed by atoms with Crippen LogP contribution in [0, 0.1) is 17.5 Å². The van der Waals surface area contributed by atoms with E-state index in [1.54, 1.807) is 18.2 Å². The van der Waals surface area contributed by atoms with Crippen LogP contribution in [0.2, 0.25) is 0 Å². The van der Waals surface area contributed by atoms with E-state index in [0.717, 1.165) is 19.3 Å². The van der Waals surface area contributed by atoms with Crippen molar-refractivity contribution in [3.8, 4) is 11.1 Å². The predicted molar refractivity (Wildman–Crippen MR) is 93.1 cm³/mol. The molecule has 0 saturated carbocycles. The fraction of sp³-hybridized carbons (Fsp3) is 0.429. The van der Waals surface area contributed by atoms with Gasteiger partial charge in [-0.15, -0.1) is 0 Å². The number of hydrogen-bond donors (Lipinski definition) is 0. The Morgan fingerprint density at radius 1 is 1.04 bits per heavy atom. The van der Waals surface area contributed by atoms with Crippen LogP contribution in [0.15, 0.2) is 30.3 Å². The molecule has 3 rings (SSSR count). The van der Waals surface area contributed by atoms with Gasteiger partial charge in [-0.25, -0.2) is 13.2 Å². The van der Waals surface area contributed by atoms with Crippen LogP contribution in [-0.4, -0.2) is 12.7 Å². The molecule has 0 aromatic heterocycles. The fourth-order valence-electron chi connectivity index (χ4n) is 3.43. The first-order valence-electron chi connectivity index (χ1n) is 8.89. The topological polar surface area (TPSA) is 9.23 Å². The van der Waals surface area contributed by atoms with Gasteiger partial charge < -0.3 is 4.74 Å². The molecule has 1 aliphatic heterocycles. The molecule has 0 aliphatic carbocycles. The van der Waals surface area contributed by atoms with Gasteiger partial charge in [-0.2, -0.15) is 0 Å². The van der Waals surface area contributed by atoms with Crippen molar-refractivity contribution in [3.63, 3.8) is 0 Å². The minimum Gasteiger partial charge on any atom is -0.378 e. The molecule has 1 heterocycles. The summed E-state index contributed by atoms with van der Waals surface area (Å²) in [5.41, 5.74) is 1.38. The largest absolute Gasteiger partial charge is 0.378 e. The molecule has 0 N–H and O–H groups in total. The van der Waals surface area contributed by atoms with Crippen molar-refractivity contribution in [1.29, 1.82) is 0 Å². The third-order valence-electron chi connectivity index (χ3n) is 4.94. The SMILES string of the molecule is CCCc1ccc(-c2ccc(C3CCC(C)OC3)c(F)c2)c(F)c1F. The molecule has 0 amide bonds. The van der Waals surface area contributed by atoms with Crippen LogP contribution >= 0.6 is 0 Å². The summed E-state index contributed by atoms with van der Waals surface area (Å²) >= 11 is 0. The summed E-state index contributed by atoms with van der Waals surface area (Å²) in [6, 6.07) is 7.74. The lowest BCUT2D eigenvalue weighted by Crippen LogP contribution is -2.22. The Hall–Kier alpha value is -1.81. The van der Waals surface area contributed by atoms with Crippen molar-refractivity contribution in [2.45, 2.75) is 51.6 Å². The Balaban J connectivity index is 1.89. The standard InChI is InChI=1S/C21H23F3O/c1-3-4-14-7-10-18(21(24)20(14)23)15-8-9-17(19(22)11-15)16-6-5-13(2)25-12-16/h7-11,13,16H,3-6,12H2,1-2H3. The molecule has 2 unspecified atom stereocenters.